The monoisotopic (exact) mass is 297 g/mol. The van der Waals surface area contributed by atoms with E-state index in [0.717, 1.165) is 11.3 Å². The van der Waals surface area contributed by atoms with E-state index in [1.807, 2.05) is 24.3 Å². The Morgan fingerprint density at radius 2 is 2.14 bits per heavy atom. The molecule has 0 fully saturated rings. The average Bonchev–Trinajstić information content (AvgIpc) is 2.98. The van der Waals surface area contributed by atoms with Crippen LogP contribution in [0.15, 0.2) is 48.8 Å². The van der Waals surface area contributed by atoms with E-state index < -0.39 is 0 Å². The van der Waals surface area contributed by atoms with Crippen LogP contribution in [0.3, 0.4) is 0 Å². The van der Waals surface area contributed by atoms with Gasteiger partial charge < -0.3 is 19.6 Å². The minimum Gasteiger partial charge on any atom is -0.504 e. The van der Waals surface area contributed by atoms with Crippen LogP contribution >= 0.6 is 0 Å². The lowest BCUT2D eigenvalue weighted by atomic mass is 10.2. The van der Waals surface area contributed by atoms with E-state index in [2.05, 4.69) is 10.3 Å². The van der Waals surface area contributed by atoms with E-state index in [0.29, 0.717) is 12.2 Å². The summed E-state index contributed by atoms with van der Waals surface area (Å²) in [6, 6.07) is 10.7. The first-order chi connectivity index (χ1) is 10.7. The maximum absolute atomic E-state index is 12.2. The third-order valence-electron chi connectivity index (χ3n) is 3.33. The molecule has 3 aromatic rings. The van der Waals surface area contributed by atoms with Crippen molar-refractivity contribution in [3.05, 3.63) is 60.0 Å². The third-order valence-corrected chi connectivity index (χ3v) is 3.33. The molecule has 1 aromatic carbocycles. The second kappa shape index (κ2) is 5.77. The number of fused-ring (bicyclic) bond motifs is 1. The number of imidazole rings is 1. The van der Waals surface area contributed by atoms with E-state index in [9.17, 15) is 9.90 Å². The van der Waals surface area contributed by atoms with Crippen molar-refractivity contribution in [3.63, 3.8) is 0 Å². The Morgan fingerprint density at radius 1 is 1.32 bits per heavy atom. The zero-order valence-corrected chi connectivity index (χ0v) is 12.0. The number of nitrogens with zero attached hydrogens (tertiary/aromatic N) is 2. The number of rotatable bonds is 4. The fraction of sp³-hybridized carbons (Fsp3) is 0.125. The molecule has 0 aliphatic carbocycles. The number of hydrogen-bond acceptors (Lipinski definition) is 4. The number of amides is 1. The molecular weight excluding hydrogens is 282 g/mol. The van der Waals surface area contributed by atoms with Crippen molar-refractivity contribution in [2.75, 3.05) is 7.11 Å². The van der Waals surface area contributed by atoms with E-state index >= 15 is 0 Å². The zero-order valence-electron chi connectivity index (χ0n) is 12.0. The molecule has 2 aromatic heterocycles. The van der Waals surface area contributed by atoms with Crippen molar-refractivity contribution in [2.45, 2.75) is 6.54 Å². The summed E-state index contributed by atoms with van der Waals surface area (Å²) in [4.78, 5) is 16.3. The molecule has 0 unspecified atom stereocenters. The molecule has 0 saturated carbocycles. The number of para-hydroxylation sites is 1. The van der Waals surface area contributed by atoms with E-state index in [-0.39, 0.29) is 17.4 Å². The predicted octanol–water partition coefficient (Wildman–Crippen LogP) is 1.98. The van der Waals surface area contributed by atoms with Gasteiger partial charge in [0.1, 0.15) is 11.4 Å². The van der Waals surface area contributed by atoms with Gasteiger partial charge in [0.2, 0.25) is 0 Å². The lowest BCUT2D eigenvalue weighted by Gasteiger charge is -2.08. The first-order valence-electron chi connectivity index (χ1n) is 6.76. The Hall–Kier alpha value is -3.02. The van der Waals surface area contributed by atoms with Gasteiger partial charge in [-0.1, -0.05) is 18.2 Å². The van der Waals surface area contributed by atoms with Crippen LogP contribution in [-0.2, 0) is 6.54 Å². The highest BCUT2D eigenvalue weighted by Gasteiger charge is 2.13. The second-order valence-corrected chi connectivity index (χ2v) is 4.74. The topological polar surface area (TPSA) is 75.9 Å². The first kappa shape index (κ1) is 13.9. The number of benzene rings is 1. The highest BCUT2D eigenvalue weighted by molar-refractivity contribution is 5.93. The average molecular weight is 297 g/mol. The van der Waals surface area contributed by atoms with E-state index in [1.165, 1.54) is 6.07 Å². The number of methoxy groups -OCH3 is 1. The normalized spacial score (nSPS) is 10.6. The molecule has 2 N–H and O–H groups in total. The van der Waals surface area contributed by atoms with Crippen molar-refractivity contribution < 1.29 is 14.6 Å². The maximum Gasteiger partial charge on any atom is 0.271 e. The smallest absolute Gasteiger partial charge is 0.271 e. The van der Waals surface area contributed by atoms with Gasteiger partial charge in [0.25, 0.3) is 5.91 Å². The Bertz CT molecular complexity index is 826. The summed E-state index contributed by atoms with van der Waals surface area (Å²) in [5.74, 6) is 0.440. The van der Waals surface area contributed by atoms with Crippen molar-refractivity contribution >= 4 is 11.6 Å². The lowest BCUT2D eigenvalue weighted by Crippen LogP contribution is -2.23. The molecule has 0 aliphatic heterocycles. The highest BCUT2D eigenvalue weighted by Crippen LogP contribution is 2.18. The summed E-state index contributed by atoms with van der Waals surface area (Å²) in [7, 11) is 1.59. The molecule has 6 heteroatoms. The summed E-state index contributed by atoms with van der Waals surface area (Å²) in [5.41, 5.74) is 1.48. The summed E-state index contributed by atoms with van der Waals surface area (Å²) in [6.45, 7) is 0.336. The van der Waals surface area contributed by atoms with Crippen LogP contribution in [0.1, 0.15) is 16.1 Å². The number of hydrogen-bond donors (Lipinski definition) is 2. The van der Waals surface area contributed by atoms with Crippen molar-refractivity contribution in [3.8, 4) is 11.5 Å². The quantitative estimate of drug-likeness (QED) is 0.772. The first-order valence-corrected chi connectivity index (χ1v) is 6.76. The lowest BCUT2D eigenvalue weighted by molar-refractivity contribution is 0.0946. The zero-order chi connectivity index (χ0) is 15.5. The maximum atomic E-state index is 12.2. The van der Waals surface area contributed by atoms with Gasteiger partial charge >= 0.3 is 0 Å². The van der Waals surface area contributed by atoms with Gasteiger partial charge in [-0.3, -0.25) is 4.79 Å². The number of ether oxygens (including phenoxy) is 1. The Balaban J connectivity index is 1.77. The summed E-state index contributed by atoms with van der Waals surface area (Å²) in [6.07, 6.45) is 3.30. The molecule has 22 heavy (non-hydrogen) atoms. The van der Waals surface area contributed by atoms with Gasteiger partial charge in [0, 0.05) is 24.5 Å². The van der Waals surface area contributed by atoms with Gasteiger partial charge in [-0.25, -0.2) is 4.98 Å². The number of carbonyl (C=O) groups excluding carboxylic acids is 1. The molecule has 0 atom stereocenters. The number of aromatic nitrogens is 2. The largest absolute Gasteiger partial charge is 0.504 e. The SMILES string of the molecule is COc1ccccc1CNC(=O)c1cn2cccc(O)c2n1. The minimum absolute atomic E-state index is 0.0336. The van der Waals surface area contributed by atoms with Crippen LogP contribution in [0.25, 0.3) is 5.65 Å². The molecule has 0 radical (unpaired) electrons. The molecule has 0 bridgehead atoms. The fourth-order valence-electron chi connectivity index (χ4n) is 2.22. The van der Waals surface area contributed by atoms with Crippen LogP contribution in [0.2, 0.25) is 0 Å². The van der Waals surface area contributed by atoms with Gasteiger partial charge in [-0.15, -0.1) is 0 Å². The Morgan fingerprint density at radius 3 is 2.91 bits per heavy atom. The molecular formula is C16H15N3O3. The summed E-state index contributed by atoms with van der Waals surface area (Å²) >= 11 is 0. The summed E-state index contributed by atoms with van der Waals surface area (Å²) < 4.78 is 6.85. The minimum atomic E-state index is -0.311. The summed E-state index contributed by atoms with van der Waals surface area (Å²) in [5, 5.41) is 12.5. The fourth-order valence-corrected chi connectivity index (χ4v) is 2.22. The van der Waals surface area contributed by atoms with Crippen LogP contribution in [-0.4, -0.2) is 27.5 Å². The van der Waals surface area contributed by atoms with Crippen LogP contribution in [0, 0.1) is 0 Å². The van der Waals surface area contributed by atoms with Crippen LogP contribution < -0.4 is 10.1 Å². The van der Waals surface area contributed by atoms with Gasteiger partial charge in [-0.2, -0.15) is 0 Å². The van der Waals surface area contributed by atoms with Crippen molar-refractivity contribution in [1.29, 1.82) is 0 Å². The standard InChI is InChI=1S/C16H15N3O3/c1-22-14-7-3-2-5-11(14)9-17-16(21)12-10-19-8-4-6-13(20)15(19)18-12/h2-8,10,20H,9H2,1H3,(H,17,21). The molecule has 0 saturated heterocycles. The number of aromatic hydroxyl groups is 1. The number of pyridine rings is 1. The molecule has 1 amide bonds. The van der Waals surface area contributed by atoms with E-state index in [1.54, 1.807) is 30.0 Å². The van der Waals surface area contributed by atoms with Crippen LogP contribution in [0.4, 0.5) is 0 Å². The van der Waals surface area contributed by atoms with Crippen molar-refractivity contribution in [2.24, 2.45) is 0 Å². The molecule has 0 spiro atoms. The van der Waals surface area contributed by atoms with E-state index in [4.69, 9.17) is 4.74 Å². The van der Waals surface area contributed by atoms with Gasteiger partial charge in [0.15, 0.2) is 11.4 Å². The predicted molar refractivity (Wildman–Crippen MR) is 81.0 cm³/mol. The van der Waals surface area contributed by atoms with Crippen molar-refractivity contribution in [1.82, 2.24) is 14.7 Å². The Kier molecular flexibility index (Phi) is 3.65. The van der Waals surface area contributed by atoms with Gasteiger partial charge in [-0.05, 0) is 18.2 Å². The van der Waals surface area contributed by atoms with Gasteiger partial charge in [0.05, 0.1) is 7.11 Å². The molecule has 0 aliphatic rings. The third kappa shape index (κ3) is 2.58. The number of carbonyl (C=O) groups is 1. The Labute approximate surface area is 127 Å². The molecule has 3 rings (SSSR count). The molecule has 6 nitrogen and oxygen atoms in total. The number of nitrogens with one attached hydrogen (secondary N) is 1. The van der Waals surface area contributed by atoms with Crippen LogP contribution in [0.5, 0.6) is 11.5 Å². The molecule has 2 heterocycles. The second-order valence-electron chi connectivity index (χ2n) is 4.74. The molecule has 112 valence electrons. The highest BCUT2D eigenvalue weighted by atomic mass is 16.5.